The van der Waals surface area contributed by atoms with Crippen molar-refractivity contribution in [1.29, 1.82) is 0 Å². The van der Waals surface area contributed by atoms with Gasteiger partial charge in [0.25, 0.3) is 0 Å². The SMILES string of the molecule is CC(C)c1cc2c(cc1O)[C@]13CCC[C@]4(C)COC1O[C@@H]2C[C@@H]43. The molecule has 6 rings (SSSR count). The maximum absolute atomic E-state index is 10.6. The van der Waals surface area contributed by atoms with Crippen molar-refractivity contribution in [2.45, 2.75) is 70.2 Å². The van der Waals surface area contributed by atoms with Gasteiger partial charge in [0.2, 0.25) is 0 Å². The quantitative estimate of drug-likeness (QED) is 0.835. The number of hydrogen-bond acceptors (Lipinski definition) is 3. The highest BCUT2D eigenvalue weighted by atomic mass is 16.7. The third kappa shape index (κ3) is 1.58. The van der Waals surface area contributed by atoms with Gasteiger partial charge in [-0.25, -0.2) is 0 Å². The van der Waals surface area contributed by atoms with Gasteiger partial charge in [0.05, 0.1) is 18.1 Å². The standard InChI is InChI=1S/C20H26O3/c1-11(2)12-7-13-14(8-15(12)21)20-6-4-5-19(3)10-22-18(20)23-16(13)9-17(19)20/h7-8,11,16-18,21H,4-6,9-10H2,1-3H3/t16-,17+,18?,19-,20+/m1/s1. The van der Waals surface area contributed by atoms with E-state index in [1.807, 2.05) is 0 Å². The molecule has 23 heavy (non-hydrogen) atoms. The summed E-state index contributed by atoms with van der Waals surface area (Å²) in [6, 6.07) is 4.27. The van der Waals surface area contributed by atoms with Crippen molar-refractivity contribution in [1.82, 2.24) is 0 Å². The number of aromatic hydroxyl groups is 1. The van der Waals surface area contributed by atoms with Crippen molar-refractivity contribution in [3.63, 3.8) is 0 Å². The zero-order valence-corrected chi connectivity index (χ0v) is 14.3. The van der Waals surface area contributed by atoms with E-state index in [4.69, 9.17) is 9.47 Å². The van der Waals surface area contributed by atoms with Crippen LogP contribution in [0, 0.1) is 11.3 Å². The van der Waals surface area contributed by atoms with Crippen molar-refractivity contribution in [2.24, 2.45) is 11.3 Å². The minimum Gasteiger partial charge on any atom is -0.508 e. The summed E-state index contributed by atoms with van der Waals surface area (Å²) in [6.07, 6.45) is 4.75. The summed E-state index contributed by atoms with van der Waals surface area (Å²) in [6.45, 7) is 7.49. The van der Waals surface area contributed by atoms with Crippen molar-refractivity contribution in [3.8, 4) is 5.75 Å². The molecule has 5 bridgehead atoms. The topological polar surface area (TPSA) is 38.7 Å². The maximum Gasteiger partial charge on any atom is 0.168 e. The molecule has 1 saturated carbocycles. The van der Waals surface area contributed by atoms with Gasteiger partial charge in [-0.2, -0.15) is 0 Å². The zero-order chi connectivity index (χ0) is 16.0. The minimum absolute atomic E-state index is 0.0394. The van der Waals surface area contributed by atoms with E-state index < -0.39 is 0 Å². The highest BCUT2D eigenvalue weighted by Crippen LogP contribution is 2.68. The van der Waals surface area contributed by atoms with Gasteiger partial charge >= 0.3 is 0 Å². The van der Waals surface area contributed by atoms with Crippen LogP contribution < -0.4 is 0 Å². The van der Waals surface area contributed by atoms with E-state index >= 15 is 0 Å². The van der Waals surface area contributed by atoms with Gasteiger partial charge in [-0.05, 0) is 65.3 Å². The first-order valence-electron chi connectivity index (χ1n) is 9.10. The first-order valence-corrected chi connectivity index (χ1v) is 9.10. The molecule has 0 amide bonds. The lowest BCUT2D eigenvalue weighted by Crippen LogP contribution is -2.67. The van der Waals surface area contributed by atoms with Crippen LogP contribution >= 0.6 is 0 Å². The largest absolute Gasteiger partial charge is 0.508 e. The van der Waals surface area contributed by atoms with Gasteiger partial charge in [-0.3, -0.25) is 0 Å². The summed E-state index contributed by atoms with van der Waals surface area (Å²) >= 11 is 0. The first-order chi connectivity index (χ1) is 11.0. The average Bonchev–Trinajstić information content (AvgIpc) is 2.50. The Bertz CT molecular complexity index is 682. The van der Waals surface area contributed by atoms with Crippen LogP contribution in [0.5, 0.6) is 5.75 Å². The van der Waals surface area contributed by atoms with Crippen molar-refractivity contribution in [2.75, 3.05) is 6.61 Å². The van der Waals surface area contributed by atoms with Crippen LogP contribution in [0.2, 0.25) is 0 Å². The first kappa shape index (κ1) is 14.3. The minimum atomic E-state index is -0.114. The van der Waals surface area contributed by atoms with Crippen molar-refractivity contribution in [3.05, 3.63) is 28.8 Å². The fourth-order valence-electron chi connectivity index (χ4n) is 6.10. The molecule has 3 nitrogen and oxygen atoms in total. The summed E-state index contributed by atoms with van der Waals surface area (Å²) in [5.74, 6) is 1.40. The Hall–Kier alpha value is -1.06. The van der Waals surface area contributed by atoms with Crippen LogP contribution in [0.15, 0.2) is 12.1 Å². The van der Waals surface area contributed by atoms with E-state index in [1.165, 1.54) is 24.0 Å². The van der Waals surface area contributed by atoms with E-state index in [2.05, 4.69) is 32.9 Å². The molecule has 124 valence electrons. The normalized spacial score (nSPS) is 43.6. The Morgan fingerprint density at radius 3 is 2.87 bits per heavy atom. The molecule has 5 atom stereocenters. The smallest absolute Gasteiger partial charge is 0.168 e. The molecule has 1 N–H and O–H groups in total. The van der Waals surface area contributed by atoms with Crippen LogP contribution in [-0.4, -0.2) is 18.0 Å². The third-order valence-corrected chi connectivity index (χ3v) is 7.19. The number of phenols is 1. The van der Waals surface area contributed by atoms with Crippen LogP contribution in [-0.2, 0) is 14.9 Å². The molecule has 3 aliphatic heterocycles. The van der Waals surface area contributed by atoms with Gasteiger partial charge in [-0.15, -0.1) is 0 Å². The summed E-state index contributed by atoms with van der Waals surface area (Å²) in [5, 5.41) is 10.6. The second-order valence-electron chi connectivity index (χ2n) is 8.76. The molecule has 5 aliphatic rings. The summed E-state index contributed by atoms with van der Waals surface area (Å²) in [4.78, 5) is 0. The molecule has 1 spiro atoms. The molecule has 0 aromatic heterocycles. The highest BCUT2D eigenvalue weighted by molar-refractivity contribution is 5.52. The Morgan fingerprint density at radius 2 is 2.09 bits per heavy atom. The van der Waals surface area contributed by atoms with E-state index in [-0.39, 0.29) is 23.2 Å². The Kier molecular flexibility index (Phi) is 2.68. The molecule has 3 heteroatoms. The molecular weight excluding hydrogens is 288 g/mol. The van der Waals surface area contributed by atoms with Gasteiger partial charge in [0.1, 0.15) is 5.75 Å². The number of ether oxygens (including phenoxy) is 2. The van der Waals surface area contributed by atoms with Crippen LogP contribution in [0.3, 0.4) is 0 Å². The number of hydrogen-bond donors (Lipinski definition) is 1. The fraction of sp³-hybridized carbons (Fsp3) is 0.700. The lowest BCUT2D eigenvalue weighted by atomic mass is 9.46. The second-order valence-corrected chi connectivity index (χ2v) is 8.76. The Labute approximate surface area is 138 Å². The molecule has 1 aromatic rings. The lowest BCUT2D eigenvalue weighted by Gasteiger charge is -2.67. The van der Waals surface area contributed by atoms with Gasteiger partial charge in [0, 0.05) is 0 Å². The summed E-state index contributed by atoms with van der Waals surface area (Å²) in [7, 11) is 0. The Balaban J connectivity index is 1.75. The van der Waals surface area contributed by atoms with Gasteiger partial charge in [-0.1, -0.05) is 27.2 Å². The average molecular weight is 314 g/mol. The van der Waals surface area contributed by atoms with Gasteiger partial charge in [0.15, 0.2) is 6.29 Å². The van der Waals surface area contributed by atoms with E-state index in [0.717, 1.165) is 25.0 Å². The molecule has 1 aromatic carbocycles. The molecule has 3 fully saturated rings. The number of rotatable bonds is 1. The van der Waals surface area contributed by atoms with Crippen LogP contribution in [0.4, 0.5) is 0 Å². The van der Waals surface area contributed by atoms with Crippen molar-refractivity contribution >= 4 is 0 Å². The van der Waals surface area contributed by atoms with Crippen LogP contribution in [0.1, 0.15) is 75.2 Å². The molecule has 0 radical (unpaired) electrons. The van der Waals surface area contributed by atoms with E-state index in [1.54, 1.807) is 0 Å². The molecule has 1 unspecified atom stereocenters. The molecule has 3 heterocycles. The summed E-state index contributed by atoms with van der Waals surface area (Å²) < 4.78 is 12.6. The maximum atomic E-state index is 10.6. The number of benzene rings is 1. The van der Waals surface area contributed by atoms with Crippen LogP contribution in [0.25, 0.3) is 0 Å². The number of phenolic OH excluding ortho intramolecular Hbond substituents is 1. The monoisotopic (exact) mass is 314 g/mol. The van der Waals surface area contributed by atoms with E-state index in [9.17, 15) is 5.11 Å². The highest BCUT2D eigenvalue weighted by Gasteiger charge is 2.67. The second kappa shape index (κ2) is 4.31. The molecule has 2 saturated heterocycles. The third-order valence-electron chi connectivity index (χ3n) is 7.19. The molecule has 2 aliphatic carbocycles. The summed E-state index contributed by atoms with van der Waals surface area (Å²) in [5.41, 5.74) is 3.90. The lowest BCUT2D eigenvalue weighted by molar-refractivity contribution is -0.333. The van der Waals surface area contributed by atoms with E-state index in [0.29, 0.717) is 17.6 Å². The molecular formula is C20H26O3. The van der Waals surface area contributed by atoms with Gasteiger partial charge < -0.3 is 14.6 Å². The zero-order valence-electron chi connectivity index (χ0n) is 14.3. The fourth-order valence-corrected chi connectivity index (χ4v) is 6.10. The predicted octanol–water partition coefficient (Wildman–Crippen LogP) is 4.39. The predicted molar refractivity (Wildman–Crippen MR) is 87.5 cm³/mol. The van der Waals surface area contributed by atoms with Crippen molar-refractivity contribution < 1.29 is 14.6 Å². The Morgan fingerprint density at radius 1 is 1.26 bits per heavy atom.